The fraction of sp³-hybridized carbons (Fsp3) is 0.200. The van der Waals surface area contributed by atoms with Crippen molar-refractivity contribution < 1.29 is 9.31 Å². The maximum Gasteiger partial charge on any atom is 0.270 e. The van der Waals surface area contributed by atoms with Crippen LogP contribution in [0.2, 0.25) is 0 Å². The third kappa shape index (κ3) is 3.14. The monoisotopic (exact) mass is 210 g/mol. The number of nitrogens with one attached hydrogen (secondary N) is 1. The van der Waals surface area contributed by atoms with Gasteiger partial charge in [-0.1, -0.05) is 12.2 Å². The molecule has 0 radical (unpaired) electrons. The van der Waals surface area contributed by atoms with Crippen LogP contribution in [0, 0.1) is 15.9 Å². The average Bonchev–Trinajstić information content (AvgIpc) is 2.20. The van der Waals surface area contributed by atoms with Crippen LogP contribution in [0.5, 0.6) is 0 Å². The van der Waals surface area contributed by atoms with E-state index >= 15 is 0 Å². The van der Waals surface area contributed by atoms with E-state index in [1.165, 1.54) is 12.1 Å². The molecule has 1 N–H and O–H groups in total. The fourth-order valence-electron chi connectivity index (χ4n) is 1.08. The first-order chi connectivity index (χ1) is 7.15. The number of likely N-dealkylation sites (N-methyl/N-ethyl adjacent to an activating group) is 1. The number of nitro benzene ring substituents is 1. The fourth-order valence-corrected chi connectivity index (χ4v) is 1.08. The SMILES string of the molecule is CNC/C=C/c1cc([N+](=O)[O-])ccc1F. The lowest BCUT2D eigenvalue weighted by Gasteiger charge is -1.97. The Balaban J connectivity index is 2.95. The molecule has 4 nitrogen and oxygen atoms in total. The lowest BCUT2D eigenvalue weighted by Crippen LogP contribution is -2.03. The molecular formula is C10H11FN2O2. The standard InChI is InChI=1S/C10H11FN2O2/c1-12-6-2-3-8-7-9(13(14)15)4-5-10(8)11/h2-5,7,12H,6H2,1H3/b3-2+. The molecular weight excluding hydrogens is 199 g/mol. The van der Waals surface area contributed by atoms with E-state index in [2.05, 4.69) is 5.32 Å². The van der Waals surface area contributed by atoms with Crippen molar-refractivity contribution in [2.45, 2.75) is 0 Å². The Morgan fingerprint density at radius 1 is 1.60 bits per heavy atom. The molecule has 5 heteroatoms. The summed E-state index contributed by atoms with van der Waals surface area (Å²) in [5, 5.41) is 13.3. The maximum atomic E-state index is 13.2. The topological polar surface area (TPSA) is 55.2 Å². The van der Waals surface area contributed by atoms with Gasteiger partial charge in [0.2, 0.25) is 0 Å². The van der Waals surface area contributed by atoms with Gasteiger partial charge < -0.3 is 5.32 Å². The molecule has 0 spiro atoms. The Morgan fingerprint density at radius 2 is 2.33 bits per heavy atom. The van der Waals surface area contributed by atoms with E-state index < -0.39 is 10.7 Å². The summed E-state index contributed by atoms with van der Waals surface area (Å²) < 4.78 is 13.2. The molecule has 0 unspecified atom stereocenters. The average molecular weight is 210 g/mol. The van der Waals surface area contributed by atoms with Gasteiger partial charge in [-0.25, -0.2) is 4.39 Å². The van der Waals surface area contributed by atoms with Crippen LogP contribution in [0.1, 0.15) is 5.56 Å². The van der Waals surface area contributed by atoms with Crippen LogP contribution in [-0.4, -0.2) is 18.5 Å². The molecule has 0 saturated carbocycles. The number of rotatable bonds is 4. The summed E-state index contributed by atoms with van der Waals surface area (Å²) in [7, 11) is 1.76. The summed E-state index contributed by atoms with van der Waals surface area (Å²) in [5.41, 5.74) is 0.111. The van der Waals surface area contributed by atoms with Gasteiger partial charge in [-0.05, 0) is 13.1 Å². The van der Waals surface area contributed by atoms with Gasteiger partial charge in [-0.2, -0.15) is 0 Å². The second-order valence-corrected chi connectivity index (χ2v) is 2.92. The molecule has 1 rings (SSSR count). The number of nitrogens with zero attached hydrogens (tertiary/aromatic N) is 1. The van der Waals surface area contributed by atoms with Gasteiger partial charge >= 0.3 is 0 Å². The molecule has 0 aliphatic rings. The molecule has 0 amide bonds. The van der Waals surface area contributed by atoms with E-state index in [0.29, 0.717) is 6.54 Å². The summed E-state index contributed by atoms with van der Waals surface area (Å²) in [6.45, 7) is 0.585. The van der Waals surface area contributed by atoms with Gasteiger partial charge in [0.1, 0.15) is 5.82 Å². The Morgan fingerprint density at radius 3 is 2.93 bits per heavy atom. The zero-order chi connectivity index (χ0) is 11.3. The molecule has 1 aromatic carbocycles. The van der Waals surface area contributed by atoms with Gasteiger partial charge in [-0.15, -0.1) is 0 Å². The summed E-state index contributed by atoms with van der Waals surface area (Å²) in [6, 6.07) is 3.45. The minimum atomic E-state index is -0.547. The van der Waals surface area contributed by atoms with Crippen molar-refractivity contribution in [2.75, 3.05) is 13.6 Å². The Bertz CT molecular complexity index is 391. The number of hydrogen-bond donors (Lipinski definition) is 1. The summed E-state index contributed by atoms with van der Waals surface area (Å²) in [6.07, 6.45) is 3.21. The van der Waals surface area contributed by atoms with Gasteiger partial charge in [0.05, 0.1) is 4.92 Å². The van der Waals surface area contributed by atoms with E-state index in [4.69, 9.17) is 0 Å². The molecule has 0 bridgehead atoms. The number of nitro groups is 1. The lowest BCUT2D eigenvalue weighted by molar-refractivity contribution is -0.384. The number of hydrogen-bond acceptors (Lipinski definition) is 3. The highest BCUT2D eigenvalue weighted by Gasteiger charge is 2.08. The summed E-state index contributed by atoms with van der Waals surface area (Å²) >= 11 is 0. The highest BCUT2D eigenvalue weighted by atomic mass is 19.1. The van der Waals surface area contributed by atoms with Crippen LogP contribution in [0.4, 0.5) is 10.1 Å². The van der Waals surface area contributed by atoms with Crippen molar-refractivity contribution in [3.05, 3.63) is 45.8 Å². The molecule has 0 aliphatic carbocycles. The van der Waals surface area contributed by atoms with Gasteiger partial charge in [0.15, 0.2) is 0 Å². The molecule has 0 saturated heterocycles. The molecule has 15 heavy (non-hydrogen) atoms. The van der Waals surface area contributed by atoms with Crippen LogP contribution in [0.15, 0.2) is 24.3 Å². The number of benzene rings is 1. The lowest BCUT2D eigenvalue weighted by atomic mass is 10.2. The third-order valence-electron chi connectivity index (χ3n) is 1.81. The normalized spacial score (nSPS) is 10.8. The van der Waals surface area contributed by atoms with Crippen LogP contribution in [0.25, 0.3) is 6.08 Å². The second-order valence-electron chi connectivity index (χ2n) is 2.92. The number of non-ortho nitro benzene ring substituents is 1. The second kappa shape index (κ2) is 5.21. The van der Waals surface area contributed by atoms with Crippen LogP contribution in [-0.2, 0) is 0 Å². The molecule has 0 aliphatic heterocycles. The molecule has 0 fully saturated rings. The maximum absolute atomic E-state index is 13.2. The van der Waals surface area contributed by atoms with Crippen LogP contribution in [0.3, 0.4) is 0 Å². The Hall–Kier alpha value is -1.75. The molecule has 80 valence electrons. The van der Waals surface area contributed by atoms with E-state index in [9.17, 15) is 14.5 Å². The van der Waals surface area contributed by atoms with Crippen molar-refractivity contribution >= 4 is 11.8 Å². The zero-order valence-corrected chi connectivity index (χ0v) is 8.24. The smallest absolute Gasteiger partial charge is 0.270 e. The van der Waals surface area contributed by atoms with Crippen molar-refractivity contribution in [1.82, 2.24) is 5.32 Å². The molecule has 1 aromatic rings. The van der Waals surface area contributed by atoms with E-state index in [1.54, 1.807) is 13.1 Å². The Kier molecular flexibility index (Phi) is 3.93. The van der Waals surface area contributed by atoms with Crippen LogP contribution >= 0.6 is 0 Å². The summed E-state index contributed by atoms with van der Waals surface area (Å²) in [4.78, 5) is 9.89. The predicted octanol–water partition coefficient (Wildman–Crippen LogP) is 1.97. The first-order valence-electron chi connectivity index (χ1n) is 4.40. The summed E-state index contributed by atoms with van der Waals surface area (Å²) in [5.74, 6) is -0.465. The molecule has 0 heterocycles. The largest absolute Gasteiger partial charge is 0.316 e. The third-order valence-corrected chi connectivity index (χ3v) is 1.81. The van der Waals surface area contributed by atoms with Crippen molar-refractivity contribution in [3.63, 3.8) is 0 Å². The Labute approximate surface area is 86.6 Å². The minimum absolute atomic E-state index is 0.111. The highest BCUT2D eigenvalue weighted by molar-refractivity contribution is 5.54. The number of halogens is 1. The molecule has 0 atom stereocenters. The van der Waals surface area contributed by atoms with Crippen LogP contribution < -0.4 is 5.32 Å². The van der Waals surface area contributed by atoms with Crippen molar-refractivity contribution in [2.24, 2.45) is 0 Å². The highest BCUT2D eigenvalue weighted by Crippen LogP contribution is 2.17. The van der Waals surface area contributed by atoms with Crippen molar-refractivity contribution in [1.29, 1.82) is 0 Å². The zero-order valence-electron chi connectivity index (χ0n) is 8.24. The first-order valence-corrected chi connectivity index (χ1v) is 4.40. The quantitative estimate of drug-likeness (QED) is 0.610. The molecule has 0 aromatic heterocycles. The predicted molar refractivity (Wildman–Crippen MR) is 56.0 cm³/mol. The van der Waals surface area contributed by atoms with E-state index in [0.717, 1.165) is 12.1 Å². The van der Waals surface area contributed by atoms with Crippen molar-refractivity contribution in [3.8, 4) is 0 Å². The van der Waals surface area contributed by atoms with E-state index in [1.807, 2.05) is 0 Å². The minimum Gasteiger partial charge on any atom is -0.316 e. The van der Waals surface area contributed by atoms with Gasteiger partial charge in [-0.3, -0.25) is 10.1 Å². The van der Waals surface area contributed by atoms with Gasteiger partial charge in [0.25, 0.3) is 5.69 Å². The van der Waals surface area contributed by atoms with E-state index in [-0.39, 0.29) is 11.3 Å². The first kappa shape index (κ1) is 11.3. The van der Waals surface area contributed by atoms with Gasteiger partial charge in [0, 0.05) is 24.2 Å².